The van der Waals surface area contributed by atoms with E-state index in [0.29, 0.717) is 5.69 Å². The first-order chi connectivity index (χ1) is 17.3. The lowest BCUT2D eigenvalue weighted by molar-refractivity contribution is -0.126. The Morgan fingerprint density at radius 1 is 0.722 bits per heavy atom. The number of hydrogen-bond acceptors (Lipinski definition) is 4. The van der Waals surface area contributed by atoms with Gasteiger partial charge in [-0.2, -0.15) is 0 Å². The van der Waals surface area contributed by atoms with Gasteiger partial charge in [0.2, 0.25) is 5.91 Å². The quantitative estimate of drug-likeness (QED) is 0.331. The van der Waals surface area contributed by atoms with E-state index < -0.39 is 18.1 Å². The summed E-state index contributed by atoms with van der Waals surface area (Å²) < 4.78 is 0. The van der Waals surface area contributed by atoms with Crippen molar-refractivity contribution in [1.29, 1.82) is 0 Å². The third kappa shape index (κ3) is 3.50. The second kappa shape index (κ2) is 8.32. The average Bonchev–Trinajstić information content (AvgIpc) is 3.39. The summed E-state index contributed by atoms with van der Waals surface area (Å²) in [5, 5.41) is 3.60. The molecule has 4 aromatic carbocycles. The Morgan fingerprint density at radius 3 is 2.11 bits per heavy atom. The maximum atomic E-state index is 14.0. The van der Waals surface area contributed by atoms with Crippen LogP contribution in [0, 0.1) is 5.92 Å². The van der Waals surface area contributed by atoms with E-state index in [1.165, 1.54) is 10.5 Å². The highest BCUT2D eigenvalue weighted by atomic mass is 16.7. The maximum Gasteiger partial charge on any atom is 0.266 e. The third-order valence-corrected chi connectivity index (χ3v) is 7.25. The lowest BCUT2D eigenvalue weighted by Crippen LogP contribution is -2.37. The number of para-hydroxylation sites is 1. The van der Waals surface area contributed by atoms with E-state index in [1.807, 2.05) is 72.8 Å². The third-order valence-electron chi connectivity index (χ3n) is 7.25. The lowest BCUT2D eigenvalue weighted by Gasteiger charge is -2.29. The molecule has 0 bridgehead atoms. The number of imide groups is 1. The first-order valence-corrected chi connectivity index (χ1v) is 12.3. The molecule has 6 rings (SSSR count). The molecule has 180 valence electrons. The molecule has 5 heteroatoms. The number of amides is 2. The Morgan fingerprint density at radius 2 is 1.39 bits per heavy atom. The smallest absolute Gasteiger partial charge is 0.266 e. The van der Waals surface area contributed by atoms with Gasteiger partial charge >= 0.3 is 0 Å². The van der Waals surface area contributed by atoms with Crippen LogP contribution < -0.4 is 9.96 Å². The van der Waals surface area contributed by atoms with Crippen molar-refractivity contribution in [3.63, 3.8) is 0 Å². The normalized spacial score (nSPS) is 21.9. The number of hydrogen-bond donors (Lipinski definition) is 0. The predicted octanol–water partition coefficient (Wildman–Crippen LogP) is 6.19. The van der Waals surface area contributed by atoms with E-state index in [-0.39, 0.29) is 17.2 Å². The molecule has 2 aliphatic rings. The summed E-state index contributed by atoms with van der Waals surface area (Å²) in [5.74, 6) is -1.21. The van der Waals surface area contributed by atoms with Gasteiger partial charge in [-0.15, -0.1) is 0 Å². The molecule has 0 unspecified atom stereocenters. The number of benzene rings is 4. The molecular weight excluding hydrogens is 448 g/mol. The lowest BCUT2D eigenvalue weighted by atomic mass is 9.84. The van der Waals surface area contributed by atoms with Gasteiger partial charge in [0.15, 0.2) is 6.10 Å². The van der Waals surface area contributed by atoms with E-state index in [4.69, 9.17) is 4.84 Å². The zero-order valence-corrected chi connectivity index (χ0v) is 20.6. The van der Waals surface area contributed by atoms with Crippen molar-refractivity contribution in [2.45, 2.75) is 38.3 Å². The average molecular weight is 477 g/mol. The number of hydroxylamine groups is 1. The molecule has 5 nitrogen and oxygen atoms in total. The van der Waals surface area contributed by atoms with Gasteiger partial charge in [0, 0.05) is 5.39 Å². The zero-order chi connectivity index (χ0) is 25.0. The summed E-state index contributed by atoms with van der Waals surface area (Å²) in [5.41, 5.74) is 3.58. The van der Waals surface area contributed by atoms with Crippen LogP contribution in [0.4, 0.5) is 11.4 Å². The molecule has 0 aliphatic carbocycles. The molecular formula is C31H28N2O3. The molecule has 0 spiro atoms. The summed E-state index contributed by atoms with van der Waals surface area (Å²) >= 11 is 0. The van der Waals surface area contributed by atoms with E-state index in [1.54, 1.807) is 5.06 Å². The number of carbonyl (C=O) groups excluding carboxylic acids is 2. The molecule has 2 saturated heterocycles. The number of fused-ring (bicyclic) bond motifs is 2. The van der Waals surface area contributed by atoms with Gasteiger partial charge in [-0.25, -0.2) is 9.96 Å². The van der Waals surface area contributed by atoms with Gasteiger partial charge in [0.1, 0.15) is 5.92 Å². The Labute approximate surface area is 210 Å². The molecule has 4 aromatic rings. The fourth-order valence-corrected chi connectivity index (χ4v) is 5.37. The fraction of sp³-hybridized carbons (Fsp3) is 0.226. The van der Waals surface area contributed by atoms with Crippen LogP contribution in [0.1, 0.15) is 37.9 Å². The Bertz CT molecular complexity index is 1450. The molecule has 2 aliphatic heterocycles. The van der Waals surface area contributed by atoms with Crippen molar-refractivity contribution in [3.05, 3.63) is 108 Å². The molecule has 2 amide bonds. The number of anilines is 2. The highest BCUT2D eigenvalue weighted by molar-refractivity contribution is 6.26. The first kappa shape index (κ1) is 22.5. The molecule has 2 fully saturated rings. The van der Waals surface area contributed by atoms with E-state index in [2.05, 4.69) is 45.0 Å². The Balaban J connectivity index is 1.45. The molecule has 36 heavy (non-hydrogen) atoms. The molecule has 2 heterocycles. The van der Waals surface area contributed by atoms with Gasteiger partial charge in [-0.1, -0.05) is 99.6 Å². The topological polar surface area (TPSA) is 49.9 Å². The van der Waals surface area contributed by atoms with Crippen molar-refractivity contribution in [1.82, 2.24) is 0 Å². The van der Waals surface area contributed by atoms with Crippen LogP contribution in [0.3, 0.4) is 0 Å². The molecule has 0 N–H and O–H groups in total. The first-order valence-electron chi connectivity index (χ1n) is 12.3. The van der Waals surface area contributed by atoms with Crippen LogP contribution >= 0.6 is 0 Å². The minimum atomic E-state index is -0.885. The summed E-state index contributed by atoms with van der Waals surface area (Å²) in [7, 11) is 0. The number of nitrogens with zero attached hydrogens (tertiary/aromatic N) is 2. The fourth-order valence-electron chi connectivity index (χ4n) is 5.37. The molecule has 0 radical (unpaired) electrons. The monoisotopic (exact) mass is 476 g/mol. The number of rotatable bonds is 3. The Kier molecular flexibility index (Phi) is 5.20. The summed E-state index contributed by atoms with van der Waals surface area (Å²) in [6.07, 6.45) is -0.885. The van der Waals surface area contributed by atoms with Crippen LogP contribution in [0.5, 0.6) is 0 Å². The summed E-state index contributed by atoms with van der Waals surface area (Å²) in [6.45, 7) is 6.52. The second-order valence-corrected chi connectivity index (χ2v) is 10.5. The van der Waals surface area contributed by atoms with Crippen LogP contribution in [0.25, 0.3) is 10.8 Å². The van der Waals surface area contributed by atoms with Crippen molar-refractivity contribution < 1.29 is 14.4 Å². The minimum Gasteiger partial charge on any atom is -0.273 e. The van der Waals surface area contributed by atoms with Crippen LogP contribution in [0.15, 0.2) is 97.1 Å². The van der Waals surface area contributed by atoms with Gasteiger partial charge in [-0.3, -0.25) is 14.4 Å². The largest absolute Gasteiger partial charge is 0.273 e. The van der Waals surface area contributed by atoms with Crippen molar-refractivity contribution in [3.8, 4) is 0 Å². The zero-order valence-electron chi connectivity index (χ0n) is 20.6. The maximum absolute atomic E-state index is 14.0. The second-order valence-electron chi connectivity index (χ2n) is 10.5. The van der Waals surface area contributed by atoms with Crippen LogP contribution in [-0.2, 0) is 19.8 Å². The van der Waals surface area contributed by atoms with Gasteiger partial charge in [0.05, 0.1) is 17.4 Å². The predicted molar refractivity (Wildman–Crippen MR) is 142 cm³/mol. The van der Waals surface area contributed by atoms with Gasteiger partial charge < -0.3 is 0 Å². The van der Waals surface area contributed by atoms with Crippen LogP contribution in [-0.4, -0.2) is 17.9 Å². The van der Waals surface area contributed by atoms with Crippen molar-refractivity contribution in [2.24, 2.45) is 5.92 Å². The standard InChI is InChI=1S/C31H28N2O3/c1-31(2,3)22-18-16-21(17-19-22)27-26-28(36-33(27)23-12-5-4-6-13-23)30(35)32(29(26)34)25-15-9-11-20-10-7-8-14-24(20)25/h4-19,26-28H,1-3H3/t26-,27+,28-/m0/s1. The molecule has 3 atom stereocenters. The highest BCUT2D eigenvalue weighted by Crippen LogP contribution is 2.48. The van der Waals surface area contributed by atoms with Gasteiger partial charge in [-0.05, 0) is 40.1 Å². The molecule has 0 saturated carbocycles. The Hall–Kier alpha value is -3.96. The van der Waals surface area contributed by atoms with Crippen molar-refractivity contribution in [2.75, 3.05) is 9.96 Å². The highest BCUT2D eigenvalue weighted by Gasteiger charge is 2.60. The summed E-state index contributed by atoms with van der Waals surface area (Å²) in [4.78, 5) is 35.4. The molecule has 0 aromatic heterocycles. The van der Waals surface area contributed by atoms with Gasteiger partial charge in [0.25, 0.3) is 5.91 Å². The SMILES string of the molecule is CC(C)(C)c1ccc([C@@H]2[C@@H]3C(=O)N(c4cccc5ccccc45)C(=O)[C@H]3ON2c2ccccc2)cc1. The number of carbonyl (C=O) groups is 2. The van der Waals surface area contributed by atoms with Crippen molar-refractivity contribution >= 4 is 34.0 Å². The van der Waals surface area contributed by atoms with Crippen LogP contribution in [0.2, 0.25) is 0 Å². The van der Waals surface area contributed by atoms with E-state index >= 15 is 0 Å². The summed E-state index contributed by atoms with van der Waals surface area (Å²) in [6, 6.07) is 31.1. The minimum absolute atomic E-state index is 0.0106. The van der Waals surface area contributed by atoms with E-state index in [0.717, 1.165) is 22.0 Å². The van der Waals surface area contributed by atoms with E-state index in [9.17, 15) is 9.59 Å².